The lowest BCUT2D eigenvalue weighted by Gasteiger charge is -2.56. The van der Waals surface area contributed by atoms with E-state index in [0.29, 0.717) is 6.04 Å². The number of hydrogen-bond acceptors (Lipinski definition) is 3. The Morgan fingerprint density at radius 2 is 1.67 bits per heavy atom. The van der Waals surface area contributed by atoms with Gasteiger partial charge in [-0.1, -0.05) is 6.92 Å². The van der Waals surface area contributed by atoms with Crippen molar-refractivity contribution in [2.45, 2.75) is 51.5 Å². The van der Waals surface area contributed by atoms with Gasteiger partial charge in [-0.3, -0.25) is 0 Å². The van der Waals surface area contributed by atoms with Crippen molar-refractivity contribution < 1.29 is 0 Å². The van der Waals surface area contributed by atoms with Gasteiger partial charge in [-0.15, -0.1) is 0 Å². The van der Waals surface area contributed by atoms with E-state index in [1.54, 1.807) is 6.33 Å². The van der Waals surface area contributed by atoms with Gasteiger partial charge in [-0.25, -0.2) is 9.97 Å². The quantitative estimate of drug-likeness (QED) is 0.898. The summed E-state index contributed by atoms with van der Waals surface area (Å²) in [5.41, 5.74) is 1.31. The molecule has 1 heterocycles. The molecule has 4 fully saturated rings. The van der Waals surface area contributed by atoms with Crippen LogP contribution in [0, 0.1) is 29.6 Å². The summed E-state index contributed by atoms with van der Waals surface area (Å²) in [5.74, 6) is 4.78. The molecule has 21 heavy (non-hydrogen) atoms. The topological polar surface area (TPSA) is 37.8 Å². The summed E-state index contributed by atoms with van der Waals surface area (Å²) in [6, 6.07) is 0.473. The molecule has 0 aromatic carbocycles. The molecule has 0 radical (unpaired) electrons. The molecule has 1 aromatic heterocycles. The zero-order chi connectivity index (χ0) is 14.2. The van der Waals surface area contributed by atoms with Crippen LogP contribution in [0.3, 0.4) is 0 Å². The lowest BCUT2D eigenvalue weighted by atomic mass is 9.50. The van der Waals surface area contributed by atoms with E-state index in [-0.39, 0.29) is 0 Å². The maximum Gasteiger partial charge on any atom is 0.115 e. The number of rotatable bonds is 5. The van der Waals surface area contributed by atoms with Crippen LogP contribution >= 0.6 is 0 Å². The summed E-state index contributed by atoms with van der Waals surface area (Å²) in [6.45, 7) is 3.35. The van der Waals surface area contributed by atoms with Crippen LogP contribution < -0.4 is 5.32 Å². The Balaban J connectivity index is 1.61. The van der Waals surface area contributed by atoms with Crippen molar-refractivity contribution in [3.63, 3.8) is 0 Å². The molecule has 4 bridgehead atoms. The zero-order valence-corrected chi connectivity index (χ0v) is 13.0. The highest BCUT2D eigenvalue weighted by Gasteiger charge is 2.50. The predicted molar refractivity (Wildman–Crippen MR) is 83.6 cm³/mol. The van der Waals surface area contributed by atoms with E-state index in [0.717, 1.165) is 36.1 Å². The summed E-state index contributed by atoms with van der Waals surface area (Å²) in [6.07, 6.45) is 14.4. The molecule has 0 spiro atoms. The Morgan fingerprint density at radius 1 is 1.05 bits per heavy atom. The van der Waals surface area contributed by atoms with Crippen molar-refractivity contribution in [3.8, 4) is 0 Å². The Hall–Kier alpha value is -0.960. The lowest BCUT2D eigenvalue weighted by Crippen LogP contribution is -2.49. The minimum absolute atomic E-state index is 0.473. The highest BCUT2D eigenvalue weighted by atomic mass is 14.9. The molecular formula is C18H27N3. The van der Waals surface area contributed by atoms with Crippen molar-refractivity contribution in [2.75, 3.05) is 6.54 Å². The van der Waals surface area contributed by atoms with Crippen LogP contribution in [0.25, 0.3) is 0 Å². The predicted octanol–water partition coefficient (Wildman–Crippen LogP) is 3.59. The Morgan fingerprint density at radius 3 is 2.24 bits per heavy atom. The van der Waals surface area contributed by atoms with Crippen LogP contribution in [0.1, 0.15) is 57.1 Å². The normalized spacial score (nSPS) is 38.6. The van der Waals surface area contributed by atoms with Gasteiger partial charge in [0.1, 0.15) is 6.33 Å². The molecule has 1 unspecified atom stereocenters. The smallest absolute Gasteiger partial charge is 0.115 e. The van der Waals surface area contributed by atoms with E-state index in [4.69, 9.17) is 0 Å². The zero-order valence-electron chi connectivity index (χ0n) is 13.0. The van der Waals surface area contributed by atoms with Crippen molar-refractivity contribution in [1.82, 2.24) is 15.3 Å². The van der Waals surface area contributed by atoms with E-state index in [2.05, 4.69) is 22.2 Å². The maximum atomic E-state index is 4.28. The molecule has 114 valence electrons. The molecule has 1 N–H and O–H groups in total. The monoisotopic (exact) mass is 285 g/mol. The van der Waals surface area contributed by atoms with Gasteiger partial charge < -0.3 is 5.32 Å². The summed E-state index contributed by atoms with van der Waals surface area (Å²) < 4.78 is 0. The SMILES string of the molecule is CCCNC(c1cncnc1)C1C2CC3CC(C2)CC1C3. The van der Waals surface area contributed by atoms with E-state index >= 15 is 0 Å². The van der Waals surface area contributed by atoms with Gasteiger partial charge in [-0.05, 0) is 74.7 Å². The standard InChI is InChI=1S/C18H27N3/c1-2-3-21-18(16-9-19-11-20-10-16)17-14-5-12-4-13(7-14)8-15(17)6-12/h9-15,17-18,21H,2-8H2,1H3. The first kappa shape index (κ1) is 13.7. The second-order valence-electron chi connectivity index (χ2n) is 7.61. The number of hydrogen-bond donors (Lipinski definition) is 1. The van der Waals surface area contributed by atoms with Crippen LogP contribution in [0.15, 0.2) is 18.7 Å². The first-order valence-electron chi connectivity index (χ1n) is 8.83. The Bertz CT molecular complexity index is 445. The molecule has 4 aliphatic rings. The van der Waals surface area contributed by atoms with Crippen molar-refractivity contribution in [2.24, 2.45) is 29.6 Å². The highest BCUT2D eigenvalue weighted by Crippen LogP contribution is 2.59. The lowest BCUT2D eigenvalue weighted by molar-refractivity contribution is -0.0525. The van der Waals surface area contributed by atoms with Crippen LogP contribution in [-0.4, -0.2) is 16.5 Å². The van der Waals surface area contributed by atoms with Gasteiger partial charge in [0.15, 0.2) is 0 Å². The van der Waals surface area contributed by atoms with Gasteiger partial charge >= 0.3 is 0 Å². The van der Waals surface area contributed by atoms with Crippen molar-refractivity contribution in [3.05, 3.63) is 24.3 Å². The fourth-order valence-electron chi connectivity index (χ4n) is 5.76. The third-order valence-electron chi connectivity index (χ3n) is 6.24. The fourth-order valence-corrected chi connectivity index (χ4v) is 5.76. The van der Waals surface area contributed by atoms with Crippen LogP contribution in [0.2, 0.25) is 0 Å². The third-order valence-corrected chi connectivity index (χ3v) is 6.24. The summed E-state index contributed by atoms with van der Waals surface area (Å²) in [4.78, 5) is 8.55. The highest BCUT2D eigenvalue weighted by molar-refractivity contribution is 5.14. The van der Waals surface area contributed by atoms with Crippen LogP contribution in [0.4, 0.5) is 0 Å². The minimum atomic E-state index is 0.473. The number of aromatic nitrogens is 2. The average molecular weight is 285 g/mol. The van der Waals surface area contributed by atoms with Gasteiger partial charge in [0.2, 0.25) is 0 Å². The molecule has 4 aliphatic carbocycles. The van der Waals surface area contributed by atoms with Crippen LogP contribution in [0.5, 0.6) is 0 Å². The molecule has 0 aliphatic heterocycles. The molecular weight excluding hydrogens is 258 g/mol. The third kappa shape index (κ3) is 2.50. The molecule has 1 atom stereocenters. The van der Waals surface area contributed by atoms with E-state index < -0.39 is 0 Å². The molecule has 0 amide bonds. The van der Waals surface area contributed by atoms with Crippen LogP contribution in [-0.2, 0) is 0 Å². The van der Waals surface area contributed by atoms with Gasteiger partial charge in [0.05, 0.1) is 0 Å². The largest absolute Gasteiger partial charge is 0.310 e. The average Bonchev–Trinajstić information content (AvgIpc) is 2.50. The molecule has 5 rings (SSSR count). The second kappa shape index (κ2) is 5.68. The first-order valence-corrected chi connectivity index (χ1v) is 8.83. The fraction of sp³-hybridized carbons (Fsp3) is 0.778. The van der Waals surface area contributed by atoms with E-state index in [9.17, 15) is 0 Å². The van der Waals surface area contributed by atoms with Gasteiger partial charge in [-0.2, -0.15) is 0 Å². The molecule has 4 saturated carbocycles. The van der Waals surface area contributed by atoms with E-state index in [1.165, 1.54) is 44.1 Å². The molecule has 0 saturated heterocycles. The van der Waals surface area contributed by atoms with Gasteiger partial charge in [0.25, 0.3) is 0 Å². The van der Waals surface area contributed by atoms with Crippen molar-refractivity contribution >= 4 is 0 Å². The summed E-state index contributed by atoms with van der Waals surface area (Å²) in [5, 5.41) is 3.83. The molecule has 3 heteroatoms. The van der Waals surface area contributed by atoms with Crippen molar-refractivity contribution in [1.29, 1.82) is 0 Å². The summed E-state index contributed by atoms with van der Waals surface area (Å²) >= 11 is 0. The Labute approximate surface area is 128 Å². The van der Waals surface area contributed by atoms with Gasteiger partial charge in [0, 0.05) is 24.0 Å². The second-order valence-corrected chi connectivity index (χ2v) is 7.61. The number of nitrogens with zero attached hydrogens (tertiary/aromatic N) is 2. The summed E-state index contributed by atoms with van der Waals surface area (Å²) in [7, 11) is 0. The maximum absolute atomic E-state index is 4.28. The minimum Gasteiger partial charge on any atom is -0.310 e. The first-order chi connectivity index (χ1) is 10.3. The van der Waals surface area contributed by atoms with E-state index in [1.807, 2.05) is 12.4 Å². The number of nitrogens with one attached hydrogen (secondary N) is 1. The molecule has 3 nitrogen and oxygen atoms in total. The molecule has 1 aromatic rings. The Kier molecular flexibility index (Phi) is 3.70.